The van der Waals surface area contributed by atoms with Gasteiger partial charge in [0, 0.05) is 4.90 Å². The number of anilines is 1. The quantitative estimate of drug-likeness (QED) is 0.468. The van der Waals surface area contributed by atoms with Crippen LogP contribution in [0.5, 0.6) is 0 Å². The maximum Gasteiger partial charge on any atom is 0.102 e. The number of nitrogens with zero attached hydrogens (tertiary/aromatic N) is 1. The number of nitriles is 1. The van der Waals surface area contributed by atoms with Gasteiger partial charge < -0.3 is 5.73 Å². The summed E-state index contributed by atoms with van der Waals surface area (Å²) in [5, 5.41) is 8.91. The maximum absolute atomic E-state index is 8.91. The van der Waals surface area contributed by atoms with Crippen LogP contribution in [0.1, 0.15) is 25.3 Å². The van der Waals surface area contributed by atoms with Crippen molar-refractivity contribution in [2.75, 3.05) is 11.5 Å². The molecule has 0 unspecified atom stereocenters. The molecule has 0 amide bonds. The van der Waals surface area contributed by atoms with Crippen LogP contribution < -0.4 is 5.73 Å². The second-order valence-electron chi connectivity index (χ2n) is 3.03. The van der Waals surface area contributed by atoms with Gasteiger partial charge in [0.25, 0.3) is 0 Å². The van der Waals surface area contributed by atoms with Crippen LogP contribution in [0.3, 0.4) is 0 Å². The van der Waals surface area contributed by atoms with E-state index in [9.17, 15) is 0 Å². The summed E-state index contributed by atoms with van der Waals surface area (Å²) in [4.78, 5) is 1.00. The summed E-state index contributed by atoms with van der Waals surface area (Å²) < 4.78 is 0. The summed E-state index contributed by atoms with van der Waals surface area (Å²) in [5.41, 5.74) is 6.90. The molecule has 0 aromatic heterocycles. The smallest absolute Gasteiger partial charge is 0.102 e. The maximum atomic E-state index is 8.91. The fourth-order valence-electron chi connectivity index (χ4n) is 1.11. The highest BCUT2D eigenvalue weighted by molar-refractivity contribution is 7.99. The van der Waals surface area contributed by atoms with Gasteiger partial charge in [-0.3, -0.25) is 0 Å². The zero-order valence-corrected chi connectivity index (χ0v) is 9.10. The Labute approximate surface area is 89.1 Å². The normalized spacial score (nSPS) is 9.71. The first-order chi connectivity index (χ1) is 6.79. The van der Waals surface area contributed by atoms with Crippen molar-refractivity contribution < 1.29 is 0 Å². The standard InChI is InChI=1S/C11H14N2S/c1-2-3-7-14-11-6-4-5-10(13)9(11)8-12/h4-6H,2-3,7,13H2,1H3. The summed E-state index contributed by atoms with van der Waals surface area (Å²) in [6.07, 6.45) is 2.35. The monoisotopic (exact) mass is 206 g/mol. The van der Waals surface area contributed by atoms with Gasteiger partial charge >= 0.3 is 0 Å². The first-order valence-corrected chi connectivity index (χ1v) is 5.69. The average molecular weight is 206 g/mol. The van der Waals surface area contributed by atoms with Crippen LogP contribution in [0.15, 0.2) is 23.1 Å². The first kappa shape index (κ1) is 10.9. The lowest BCUT2D eigenvalue weighted by atomic mass is 10.2. The van der Waals surface area contributed by atoms with E-state index in [4.69, 9.17) is 11.0 Å². The number of rotatable bonds is 4. The van der Waals surface area contributed by atoms with Crippen LogP contribution in [0.25, 0.3) is 0 Å². The molecule has 2 nitrogen and oxygen atoms in total. The van der Waals surface area contributed by atoms with Crippen molar-refractivity contribution in [3.8, 4) is 6.07 Å². The zero-order valence-electron chi connectivity index (χ0n) is 8.29. The fraction of sp³-hybridized carbons (Fsp3) is 0.364. The van der Waals surface area contributed by atoms with Gasteiger partial charge in [-0.25, -0.2) is 0 Å². The van der Waals surface area contributed by atoms with Crippen LogP contribution in [0.4, 0.5) is 5.69 Å². The second kappa shape index (κ2) is 5.56. The Morgan fingerprint density at radius 1 is 1.50 bits per heavy atom. The van der Waals surface area contributed by atoms with E-state index in [1.165, 1.54) is 12.8 Å². The van der Waals surface area contributed by atoms with E-state index in [2.05, 4.69) is 13.0 Å². The molecule has 1 rings (SSSR count). The third-order valence-electron chi connectivity index (χ3n) is 1.93. The van der Waals surface area contributed by atoms with E-state index >= 15 is 0 Å². The van der Waals surface area contributed by atoms with Gasteiger partial charge in [0.1, 0.15) is 6.07 Å². The van der Waals surface area contributed by atoms with Gasteiger partial charge in [0.15, 0.2) is 0 Å². The first-order valence-electron chi connectivity index (χ1n) is 4.71. The molecule has 0 radical (unpaired) electrons. The van der Waals surface area contributed by atoms with Crippen LogP contribution in [-0.2, 0) is 0 Å². The van der Waals surface area contributed by atoms with Crippen LogP contribution in [-0.4, -0.2) is 5.75 Å². The molecule has 0 saturated heterocycles. The van der Waals surface area contributed by atoms with E-state index in [-0.39, 0.29) is 0 Å². The van der Waals surface area contributed by atoms with Gasteiger partial charge in [0.05, 0.1) is 11.3 Å². The second-order valence-corrected chi connectivity index (χ2v) is 4.17. The average Bonchev–Trinajstić information content (AvgIpc) is 2.18. The van der Waals surface area contributed by atoms with E-state index in [0.29, 0.717) is 11.3 Å². The Morgan fingerprint density at radius 3 is 2.93 bits per heavy atom. The third-order valence-corrected chi connectivity index (χ3v) is 3.07. The van der Waals surface area contributed by atoms with E-state index in [1.54, 1.807) is 17.8 Å². The molecule has 74 valence electrons. The summed E-state index contributed by atoms with van der Waals surface area (Å²) in [6, 6.07) is 7.76. The highest BCUT2D eigenvalue weighted by Crippen LogP contribution is 2.26. The molecule has 0 atom stereocenters. The van der Waals surface area contributed by atoms with Crippen LogP contribution in [0.2, 0.25) is 0 Å². The molecule has 0 aliphatic carbocycles. The van der Waals surface area contributed by atoms with Gasteiger partial charge in [-0.15, -0.1) is 11.8 Å². The molecule has 0 aliphatic rings. The molecule has 0 aliphatic heterocycles. The minimum Gasteiger partial charge on any atom is -0.398 e. The molecule has 2 N–H and O–H groups in total. The van der Waals surface area contributed by atoms with E-state index < -0.39 is 0 Å². The molecule has 3 heteroatoms. The Kier molecular flexibility index (Phi) is 4.34. The van der Waals surface area contributed by atoms with Gasteiger partial charge in [0.2, 0.25) is 0 Å². The zero-order chi connectivity index (χ0) is 10.4. The summed E-state index contributed by atoms with van der Waals surface area (Å²) in [5.74, 6) is 1.05. The van der Waals surface area contributed by atoms with Crippen molar-refractivity contribution in [2.24, 2.45) is 0 Å². The highest BCUT2D eigenvalue weighted by Gasteiger charge is 2.04. The lowest BCUT2D eigenvalue weighted by molar-refractivity contribution is 0.896. The SMILES string of the molecule is CCCCSc1cccc(N)c1C#N. The highest BCUT2D eigenvalue weighted by atomic mass is 32.2. The minimum atomic E-state index is 0.578. The molecule has 0 heterocycles. The van der Waals surface area contributed by atoms with E-state index in [0.717, 1.165) is 10.6 Å². The topological polar surface area (TPSA) is 49.8 Å². The lowest BCUT2D eigenvalue weighted by Crippen LogP contribution is -1.92. The van der Waals surface area contributed by atoms with Gasteiger partial charge in [-0.2, -0.15) is 5.26 Å². The summed E-state index contributed by atoms with van der Waals surface area (Å²) in [6.45, 7) is 2.16. The summed E-state index contributed by atoms with van der Waals surface area (Å²) >= 11 is 1.71. The van der Waals surface area contributed by atoms with Gasteiger partial charge in [-0.1, -0.05) is 19.4 Å². The third kappa shape index (κ3) is 2.68. The number of unbranched alkanes of at least 4 members (excludes halogenated alkanes) is 1. The van der Waals surface area contributed by atoms with Crippen LogP contribution >= 0.6 is 11.8 Å². The number of thioether (sulfide) groups is 1. The van der Waals surface area contributed by atoms with Crippen molar-refractivity contribution in [2.45, 2.75) is 24.7 Å². The molecule has 0 spiro atoms. The van der Waals surface area contributed by atoms with Gasteiger partial charge in [-0.05, 0) is 24.3 Å². The Balaban J connectivity index is 2.76. The van der Waals surface area contributed by atoms with Crippen molar-refractivity contribution in [1.82, 2.24) is 0 Å². The molecular formula is C11H14N2S. The number of hydrogen-bond acceptors (Lipinski definition) is 3. The number of benzene rings is 1. The Hall–Kier alpha value is -1.14. The van der Waals surface area contributed by atoms with Crippen molar-refractivity contribution in [1.29, 1.82) is 5.26 Å². The predicted molar refractivity (Wildman–Crippen MR) is 61.2 cm³/mol. The molecule has 14 heavy (non-hydrogen) atoms. The molecule has 1 aromatic carbocycles. The summed E-state index contributed by atoms with van der Waals surface area (Å²) in [7, 11) is 0. The Morgan fingerprint density at radius 2 is 2.29 bits per heavy atom. The van der Waals surface area contributed by atoms with Crippen molar-refractivity contribution in [3.63, 3.8) is 0 Å². The number of hydrogen-bond donors (Lipinski definition) is 1. The fourth-order valence-corrected chi connectivity index (χ4v) is 2.25. The molecular weight excluding hydrogens is 192 g/mol. The van der Waals surface area contributed by atoms with E-state index in [1.807, 2.05) is 12.1 Å². The molecule has 0 fully saturated rings. The van der Waals surface area contributed by atoms with Crippen molar-refractivity contribution in [3.05, 3.63) is 23.8 Å². The largest absolute Gasteiger partial charge is 0.398 e. The predicted octanol–water partition coefficient (Wildman–Crippen LogP) is 3.03. The molecule has 1 aromatic rings. The number of nitrogen functional groups attached to an aromatic ring is 1. The lowest BCUT2D eigenvalue weighted by Gasteiger charge is -2.04. The molecule has 0 saturated carbocycles. The Bertz CT molecular complexity index is 342. The van der Waals surface area contributed by atoms with Crippen LogP contribution in [0, 0.1) is 11.3 Å². The molecule has 0 bridgehead atoms. The van der Waals surface area contributed by atoms with Crippen molar-refractivity contribution >= 4 is 17.4 Å². The number of nitrogens with two attached hydrogens (primary N) is 1. The minimum absolute atomic E-state index is 0.578.